The number of ether oxygens (including phenoxy) is 1. The van der Waals surface area contributed by atoms with Crippen molar-refractivity contribution in [1.29, 1.82) is 0 Å². The van der Waals surface area contributed by atoms with Crippen molar-refractivity contribution in [3.05, 3.63) is 28.1 Å². The van der Waals surface area contributed by atoms with Gasteiger partial charge in [0.2, 0.25) is 11.8 Å². The van der Waals surface area contributed by atoms with Crippen LogP contribution in [0.1, 0.15) is 32.0 Å². The number of rotatable bonds is 3. The van der Waals surface area contributed by atoms with Crippen LogP contribution in [0.15, 0.2) is 15.4 Å². The summed E-state index contributed by atoms with van der Waals surface area (Å²) in [6, 6.07) is 1.32. The lowest BCUT2D eigenvalue weighted by Crippen LogP contribution is -2.61. The second-order valence-electron chi connectivity index (χ2n) is 7.86. The predicted octanol–water partition coefficient (Wildman–Crippen LogP) is 1.89. The Morgan fingerprint density at radius 2 is 2.07 bits per heavy atom. The zero-order valence-corrected chi connectivity index (χ0v) is 16.9. The number of alkyl halides is 3. The highest BCUT2D eigenvalue weighted by molar-refractivity contribution is 5.49. The molecule has 0 saturated carbocycles. The highest BCUT2D eigenvalue weighted by Gasteiger charge is 2.57. The predicted molar refractivity (Wildman–Crippen MR) is 100 cm³/mol. The number of anilines is 2. The Labute approximate surface area is 170 Å². The maximum atomic E-state index is 14.1. The molecule has 1 saturated heterocycles. The zero-order valence-electron chi connectivity index (χ0n) is 16.9. The number of aryl methyl sites for hydroxylation is 1. The molecule has 0 radical (unpaired) electrons. The maximum absolute atomic E-state index is 14.1. The Bertz CT molecular complexity index is 990. The largest absolute Gasteiger partial charge is 0.411 e. The van der Waals surface area contributed by atoms with Gasteiger partial charge in [0.15, 0.2) is 5.82 Å². The molecule has 0 bridgehead atoms. The first-order chi connectivity index (χ1) is 14.1. The fraction of sp³-hybridized carbons (Fsp3) is 0.667. The van der Waals surface area contributed by atoms with E-state index in [-0.39, 0.29) is 43.2 Å². The molecule has 2 atom stereocenters. The Kier molecular flexibility index (Phi) is 4.99. The summed E-state index contributed by atoms with van der Waals surface area (Å²) in [5.74, 6) is 0.625. The highest BCUT2D eigenvalue weighted by atomic mass is 19.4. The van der Waals surface area contributed by atoms with Crippen molar-refractivity contribution in [3.8, 4) is 0 Å². The van der Waals surface area contributed by atoms with Gasteiger partial charge in [-0.1, -0.05) is 5.16 Å². The number of halogens is 3. The number of morpholine rings is 1. The minimum Gasteiger partial charge on any atom is -0.377 e. The monoisotopic (exact) mass is 428 g/mol. The summed E-state index contributed by atoms with van der Waals surface area (Å²) in [6.07, 6.45) is -4.85. The van der Waals surface area contributed by atoms with Crippen molar-refractivity contribution in [3.63, 3.8) is 0 Å². The van der Waals surface area contributed by atoms with E-state index in [4.69, 9.17) is 9.26 Å². The first kappa shape index (κ1) is 20.6. The molecule has 0 N–H and O–H groups in total. The van der Waals surface area contributed by atoms with Crippen molar-refractivity contribution in [2.75, 3.05) is 29.6 Å². The molecule has 0 amide bonds. The van der Waals surface area contributed by atoms with Gasteiger partial charge in [-0.3, -0.25) is 9.36 Å². The summed E-state index contributed by atoms with van der Waals surface area (Å²) in [4.78, 5) is 24.3. The molecule has 0 unspecified atom stereocenters. The molecule has 12 heteroatoms. The lowest BCUT2D eigenvalue weighted by molar-refractivity contribution is -0.187. The molecule has 0 aromatic carbocycles. The quantitative estimate of drug-likeness (QED) is 0.732. The van der Waals surface area contributed by atoms with Gasteiger partial charge in [-0.15, -0.1) is 0 Å². The molecule has 2 aliphatic heterocycles. The Morgan fingerprint density at radius 1 is 1.30 bits per heavy atom. The van der Waals surface area contributed by atoms with Gasteiger partial charge in [0.1, 0.15) is 11.4 Å². The smallest absolute Gasteiger partial charge is 0.377 e. The average molecular weight is 428 g/mol. The van der Waals surface area contributed by atoms with Crippen LogP contribution in [0.4, 0.5) is 24.9 Å². The minimum atomic E-state index is -4.56. The summed E-state index contributed by atoms with van der Waals surface area (Å²) < 4.78 is 54.1. The van der Waals surface area contributed by atoms with Crippen LogP contribution in [-0.2, 0) is 17.8 Å². The van der Waals surface area contributed by atoms with Crippen LogP contribution >= 0.6 is 0 Å². The fourth-order valence-corrected chi connectivity index (χ4v) is 3.88. The topological polar surface area (TPSA) is 89.5 Å². The standard InChI is InChI=1S/C18H23F3N6O3/c1-11-10-29-7-6-25(11)14-8-15(28)26-5-4-17(3,18(19,20)21)27(16(26)23-14)9-13-22-12(2)30-24-13/h8,11H,4-7,9-10H2,1-3H3/t11-,17+/m1/s1. The maximum Gasteiger partial charge on any atom is 0.411 e. The summed E-state index contributed by atoms with van der Waals surface area (Å²) in [6.45, 7) is 5.61. The molecule has 0 spiro atoms. The highest BCUT2D eigenvalue weighted by Crippen LogP contribution is 2.43. The number of nitrogens with zero attached hydrogens (tertiary/aromatic N) is 6. The number of fused-ring (bicyclic) bond motifs is 1. The molecule has 164 valence electrons. The second-order valence-corrected chi connectivity index (χ2v) is 7.86. The molecule has 4 heterocycles. The lowest BCUT2D eigenvalue weighted by atomic mass is 9.92. The van der Waals surface area contributed by atoms with Crippen molar-refractivity contribution in [2.45, 2.75) is 58.0 Å². The normalized spacial score (nSPS) is 24.8. The zero-order chi connectivity index (χ0) is 21.7. The molecule has 1 fully saturated rings. The average Bonchev–Trinajstić information content (AvgIpc) is 3.08. The second kappa shape index (κ2) is 7.25. The molecule has 4 rings (SSSR count). The molecule has 2 aromatic rings. The first-order valence-corrected chi connectivity index (χ1v) is 9.70. The summed E-state index contributed by atoms with van der Waals surface area (Å²) in [5, 5.41) is 3.74. The van der Waals surface area contributed by atoms with E-state index < -0.39 is 17.3 Å². The van der Waals surface area contributed by atoms with Crippen LogP contribution in [0.25, 0.3) is 0 Å². The molecule has 2 aliphatic rings. The van der Waals surface area contributed by atoms with Crippen LogP contribution in [0.2, 0.25) is 0 Å². The van der Waals surface area contributed by atoms with E-state index in [1.807, 2.05) is 11.8 Å². The number of hydrogen-bond acceptors (Lipinski definition) is 8. The molecular weight excluding hydrogens is 405 g/mol. The first-order valence-electron chi connectivity index (χ1n) is 9.70. The van der Waals surface area contributed by atoms with E-state index in [0.29, 0.717) is 25.6 Å². The van der Waals surface area contributed by atoms with Crippen LogP contribution in [0.3, 0.4) is 0 Å². The Balaban J connectivity index is 1.83. The number of aromatic nitrogens is 4. The molecule has 2 aromatic heterocycles. The SMILES string of the molecule is Cc1nc(CN2c3nc(N4CCOC[C@H]4C)cc(=O)n3CC[C@@]2(C)C(F)(F)F)no1. The summed E-state index contributed by atoms with van der Waals surface area (Å²) in [5.41, 5.74) is -2.64. The van der Waals surface area contributed by atoms with Crippen molar-refractivity contribution < 1.29 is 22.4 Å². The van der Waals surface area contributed by atoms with Gasteiger partial charge in [-0.25, -0.2) is 0 Å². The van der Waals surface area contributed by atoms with Crippen LogP contribution in [0, 0.1) is 6.92 Å². The van der Waals surface area contributed by atoms with E-state index in [9.17, 15) is 18.0 Å². The molecular formula is C18H23F3N6O3. The van der Waals surface area contributed by atoms with Crippen LogP contribution in [-0.4, -0.2) is 57.2 Å². The van der Waals surface area contributed by atoms with Gasteiger partial charge in [0, 0.05) is 26.1 Å². The van der Waals surface area contributed by atoms with E-state index in [0.717, 1.165) is 11.8 Å². The van der Waals surface area contributed by atoms with Crippen molar-refractivity contribution >= 4 is 11.8 Å². The minimum absolute atomic E-state index is 0.0512. The van der Waals surface area contributed by atoms with Gasteiger partial charge in [0.25, 0.3) is 5.56 Å². The lowest BCUT2D eigenvalue weighted by Gasteiger charge is -2.46. The van der Waals surface area contributed by atoms with E-state index in [1.165, 1.54) is 10.6 Å². The Morgan fingerprint density at radius 3 is 2.70 bits per heavy atom. The van der Waals surface area contributed by atoms with Gasteiger partial charge in [-0.2, -0.15) is 23.1 Å². The van der Waals surface area contributed by atoms with Gasteiger partial charge in [0.05, 0.1) is 25.8 Å². The molecule has 30 heavy (non-hydrogen) atoms. The van der Waals surface area contributed by atoms with Crippen LogP contribution < -0.4 is 15.4 Å². The van der Waals surface area contributed by atoms with E-state index >= 15 is 0 Å². The van der Waals surface area contributed by atoms with Gasteiger partial charge < -0.3 is 19.1 Å². The molecule has 9 nitrogen and oxygen atoms in total. The third kappa shape index (κ3) is 3.42. The molecule has 0 aliphatic carbocycles. The van der Waals surface area contributed by atoms with E-state index in [1.54, 1.807) is 6.92 Å². The Hall–Kier alpha value is -2.63. The van der Waals surface area contributed by atoms with Crippen molar-refractivity contribution in [2.24, 2.45) is 0 Å². The summed E-state index contributed by atoms with van der Waals surface area (Å²) >= 11 is 0. The van der Waals surface area contributed by atoms with Gasteiger partial charge in [-0.05, 0) is 20.3 Å². The van der Waals surface area contributed by atoms with E-state index in [2.05, 4.69) is 15.1 Å². The van der Waals surface area contributed by atoms with Crippen LogP contribution in [0.5, 0.6) is 0 Å². The summed E-state index contributed by atoms with van der Waals surface area (Å²) in [7, 11) is 0. The van der Waals surface area contributed by atoms with Crippen molar-refractivity contribution in [1.82, 2.24) is 19.7 Å². The fourth-order valence-electron chi connectivity index (χ4n) is 3.88. The number of hydrogen-bond donors (Lipinski definition) is 0. The third-order valence-electron chi connectivity index (χ3n) is 5.78. The van der Waals surface area contributed by atoms with Gasteiger partial charge >= 0.3 is 6.18 Å². The third-order valence-corrected chi connectivity index (χ3v) is 5.78.